The van der Waals surface area contributed by atoms with Gasteiger partial charge in [0.15, 0.2) is 0 Å². The summed E-state index contributed by atoms with van der Waals surface area (Å²) in [4.78, 5) is 14.4. The third kappa shape index (κ3) is 2.80. The molecular formula is C15H20N2O2. The summed E-state index contributed by atoms with van der Waals surface area (Å²) >= 11 is 0. The van der Waals surface area contributed by atoms with Crippen molar-refractivity contribution < 1.29 is 9.53 Å². The molecule has 0 aliphatic carbocycles. The van der Waals surface area contributed by atoms with Crippen molar-refractivity contribution in [3.05, 3.63) is 35.4 Å². The first-order valence-electron chi connectivity index (χ1n) is 7.01. The third-order valence-electron chi connectivity index (χ3n) is 3.95. The Morgan fingerprint density at radius 3 is 2.47 bits per heavy atom. The first kappa shape index (κ1) is 12.6. The molecule has 1 unspecified atom stereocenters. The van der Waals surface area contributed by atoms with Crippen LogP contribution in [0.4, 0.5) is 0 Å². The number of benzene rings is 1. The number of amides is 1. The maximum Gasteiger partial charge on any atom is 0.242 e. The van der Waals surface area contributed by atoms with Crippen LogP contribution in [0.15, 0.2) is 24.3 Å². The van der Waals surface area contributed by atoms with Gasteiger partial charge in [-0.05, 0) is 24.0 Å². The molecule has 0 bridgehead atoms. The smallest absolute Gasteiger partial charge is 0.242 e. The second-order valence-electron chi connectivity index (χ2n) is 5.18. The largest absolute Gasteiger partial charge is 0.378 e. The maximum absolute atomic E-state index is 12.4. The van der Waals surface area contributed by atoms with Crippen molar-refractivity contribution in [2.24, 2.45) is 0 Å². The van der Waals surface area contributed by atoms with E-state index >= 15 is 0 Å². The molecule has 0 spiro atoms. The first-order chi connectivity index (χ1) is 9.34. The van der Waals surface area contributed by atoms with Crippen molar-refractivity contribution in [1.82, 2.24) is 10.2 Å². The monoisotopic (exact) mass is 260 g/mol. The van der Waals surface area contributed by atoms with Crippen LogP contribution in [0, 0.1) is 0 Å². The van der Waals surface area contributed by atoms with Gasteiger partial charge in [0.1, 0.15) is 6.04 Å². The van der Waals surface area contributed by atoms with Gasteiger partial charge in [-0.1, -0.05) is 24.3 Å². The topological polar surface area (TPSA) is 41.6 Å². The fourth-order valence-corrected chi connectivity index (χ4v) is 2.83. The number of hydrogen-bond donors (Lipinski definition) is 1. The Kier molecular flexibility index (Phi) is 3.80. The molecule has 2 aliphatic heterocycles. The lowest BCUT2D eigenvalue weighted by Gasteiger charge is -2.29. The minimum atomic E-state index is -0.157. The second-order valence-corrected chi connectivity index (χ2v) is 5.18. The Balaban J connectivity index is 1.66. The molecule has 0 radical (unpaired) electrons. The van der Waals surface area contributed by atoms with Crippen LogP contribution in [0.1, 0.15) is 11.1 Å². The summed E-state index contributed by atoms with van der Waals surface area (Å²) in [5.74, 6) is 0.188. The van der Waals surface area contributed by atoms with Crippen molar-refractivity contribution in [2.75, 3.05) is 32.8 Å². The number of carbonyl (C=O) groups is 1. The summed E-state index contributed by atoms with van der Waals surface area (Å²) in [5, 5.41) is 3.24. The molecule has 19 heavy (non-hydrogen) atoms. The highest BCUT2D eigenvalue weighted by Crippen LogP contribution is 2.16. The van der Waals surface area contributed by atoms with Crippen LogP contribution in [-0.4, -0.2) is 49.7 Å². The van der Waals surface area contributed by atoms with Crippen LogP contribution in [0.25, 0.3) is 0 Å². The number of morpholine rings is 1. The molecule has 1 aromatic rings. The molecule has 1 N–H and O–H groups in total. The van der Waals surface area contributed by atoms with E-state index in [-0.39, 0.29) is 11.9 Å². The molecule has 0 aromatic heterocycles. The van der Waals surface area contributed by atoms with Gasteiger partial charge in [0.25, 0.3) is 0 Å². The Morgan fingerprint density at radius 2 is 1.89 bits per heavy atom. The molecule has 102 valence electrons. The van der Waals surface area contributed by atoms with Gasteiger partial charge in [0, 0.05) is 19.6 Å². The van der Waals surface area contributed by atoms with E-state index in [4.69, 9.17) is 4.74 Å². The summed E-state index contributed by atoms with van der Waals surface area (Å²) in [5.41, 5.74) is 2.76. The van der Waals surface area contributed by atoms with Crippen molar-refractivity contribution >= 4 is 5.91 Å². The zero-order chi connectivity index (χ0) is 13.1. The molecule has 4 heteroatoms. The maximum atomic E-state index is 12.4. The van der Waals surface area contributed by atoms with Gasteiger partial charge in [-0.2, -0.15) is 0 Å². The van der Waals surface area contributed by atoms with Crippen LogP contribution >= 0.6 is 0 Å². The number of rotatable bonds is 1. The predicted octanol–water partition coefficient (Wildman–Crippen LogP) is 0.602. The van der Waals surface area contributed by atoms with Crippen LogP contribution < -0.4 is 5.32 Å². The van der Waals surface area contributed by atoms with E-state index in [1.807, 2.05) is 4.90 Å². The zero-order valence-corrected chi connectivity index (χ0v) is 11.1. The normalized spacial score (nSPS) is 23.6. The van der Waals surface area contributed by atoms with Gasteiger partial charge in [-0.25, -0.2) is 0 Å². The number of carbonyl (C=O) groups excluding carboxylic acids is 1. The number of ether oxygens (including phenoxy) is 1. The number of nitrogens with zero attached hydrogens (tertiary/aromatic N) is 1. The standard InChI is InChI=1S/C15H20N2O2/c18-15(14-11-19-10-7-16-14)17-8-5-12-3-1-2-4-13(12)6-9-17/h1-4,14,16H,5-11H2. The van der Waals surface area contributed by atoms with Crippen LogP contribution in [0.5, 0.6) is 0 Å². The SMILES string of the molecule is O=C(C1COCCN1)N1CCc2ccccc2CC1. The number of nitrogens with one attached hydrogen (secondary N) is 1. The van der Waals surface area contributed by atoms with E-state index in [0.29, 0.717) is 13.2 Å². The van der Waals surface area contributed by atoms with Crippen molar-refractivity contribution in [2.45, 2.75) is 18.9 Å². The van der Waals surface area contributed by atoms with E-state index in [0.717, 1.165) is 32.5 Å². The van der Waals surface area contributed by atoms with Crippen LogP contribution in [0.2, 0.25) is 0 Å². The average molecular weight is 260 g/mol. The summed E-state index contributed by atoms with van der Waals surface area (Å²) in [6.07, 6.45) is 1.91. The molecule has 1 fully saturated rings. The summed E-state index contributed by atoms with van der Waals surface area (Å²) in [6, 6.07) is 8.34. The average Bonchev–Trinajstić information content (AvgIpc) is 2.70. The van der Waals surface area contributed by atoms with Gasteiger partial charge in [-0.15, -0.1) is 0 Å². The molecule has 0 saturated carbocycles. The molecule has 1 atom stereocenters. The number of fused-ring (bicyclic) bond motifs is 1. The fourth-order valence-electron chi connectivity index (χ4n) is 2.83. The Labute approximate surface area is 113 Å². The first-order valence-corrected chi connectivity index (χ1v) is 7.01. The quantitative estimate of drug-likeness (QED) is 0.804. The summed E-state index contributed by atoms with van der Waals surface area (Å²) < 4.78 is 5.38. The highest BCUT2D eigenvalue weighted by atomic mass is 16.5. The van der Waals surface area contributed by atoms with E-state index < -0.39 is 0 Å². The van der Waals surface area contributed by atoms with Crippen molar-refractivity contribution in [3.8, 4) is 0 Å². The van der Waals surface area contributed by atoms with E-state index in [1.54, 1.807) is 0 Å². The molecule has 2 heterocycles. The lowest BCUT2D eigenvalue weighted by molar-refractivity contribution is -0.136. The van der Waals surface area contributed by atoms with Crippen molar-refractivity contribution in [3.63, 3.8) is 0 Å². The Morgan fingerprint density at radius 1 is 1.21 bits per heavy atom. The van der Waals surface area contributed by atoms with Gasteiger partial charge < -0.3 is 15.0 Å². The second kappa shape index (κ2) is 5.72. The van der Waals surface area contributed by atoms with Gasteiger partial charge in [0.05, 0.1) is 13.2 Å². The Hall–Kier alpha value is -1.39. The number of hydrogen-bond acceptors (Lipinski definition) is 3. The molecule has 3 rings (SSSR count). The minimum Gasteiger partial charge on any atom is -0.378 e. The minimum absolute atomic E-state index is 0.157. The van der Waals surface area contributed by atoms with Crippen LogP contribution in [-0.2, 0) is 22.4 Å². The lowest BCUT2D eigenvalue weighted by Crippen LogP contribution is -2.53. The highest BCUT2D eigenvalue weighted by molar-refractivity contribution is 5.82. The van der Waals surface area contributed by atoms with Crippen LogP contribution in [0.3, 0.4) is 0 Å². The zero-order valence-electron chi connectivity index (χ0n) is 11.1. The van der Waals surface area contributed by atoms with Crippen molar-refractivity contribution in [1.29, 1.82) is 0 Å². The third-order valence-corrected chi connectivity index (χ3v) is 3.95. The fraction of sp³-hybridized carbons (Fsp3) is 0.533. The predicted molar refractivity (Wildman–Crippen MR) is 73.0 cm³/mol. The molecule has 4 nitrogen and oxygen atoms in total. The van der Waals surface area contributed by atoms with Gasteiger partial charge in [-0.3, -0.25) is 4.79 Å². The molecule has 1 saturated heterocycles. The summed E-state index contributed by atoms with van der Waals surface area (Å²) in [6.45, 7) is 3.60. The molecule has 1 amide bonds. The van der Waals surface area contributed by atoms with Gasteiger partial charge in [0.2, 0.25) is 5.91 Å². The van der Waals surface area contributed by atoms with E-state index in [1.165, 1.54) is 11.1 Å². The summed E-state index contributed by atoms with van der Waals surface area (Å²) in [7, 11) is 0. The van der Waals surface area contributed by atoms with Gasteiger partial charge >= 0.3 is 0 Å². The van der Waals surface area contributed by atoms with E-state index in [2.05, 4.69) is 29.6 Å². The Bertz CT molecular complexity index is 428. The molecule has 1 aromatic carbocycles. The lowest BCUT2D eigenvalue weighted by atomic mass is 10.0. The highest BCUT2D eigenvalue weighted by Gasteiger charge is 2.27. The molecule has 2 aliphatic rings. The van der Waals surface area contributed by atoms with E-state index in [9.17, 15) is 4.79 Å². The molecular weight excluding hydrogens is 240 g/mol.